The molecule has 3 aromatic rings. The van der Waals surface area contributed by atoms with Crippen molar-refractivity contribution in [1.82, 2.24) is 4.90 Å². The van der Waals surface area contributed by atoms with Gasteiger partial charge in [-0.25, -0.2) is 0 Å². The molecule has 4 rings (SSSR count). The monoisotopic (exact) mass is 689 g/mol. The molecule has 192 valence electrons. The number of aryl methyl sites for hydroxylation is 1. The van der Waals surface area contributed by atoms with Gasteiger partial charge >= 0.3 is 10.1 Å². The zero-order valence-electron chi connectivity index (χ0n) is 19.3. The third kappa shape index (κ3) is 6.26. The van der Waals surface area contributed by atoms with E-state index in [1.807, 2.05) is 29.5 Å². The maximum atomic E-state index is 13.0. The van der Waals surface area contributed by atoms with Gasteiger partial charge in [0.1, 0.15) is 4.90 Å². The van der Waals surface area contributed by atoms with Crippen LogP contribution in [-0.4, -0.2) is 31.6 Å². The Morgan fingerprint density at radius 2 is 1.73 bits per heavy atom. The molecule has 7 nitrogen and oxygen atoms in total. The van der Waals surface area contributed by atoms with Crippen LogP contribution in [0.1, 0.15) is 16.7 Å². The molecule has 1 aliphatic rings. The highest BCUT2D eigenvalue weighted by molar-refractivity contribution is 14.1. The first-order chi connectivity index (χ1) is 17.5. The molecular weight excluding hydrogens is 672 g/mol. The molecule has 0 spiro atoms. The van der Waals surface area contributed by atoms with E-state index in [4.69, 9.17) is 32.1 Å². The first-order valence-electron chi connectivity index (χ1n) is 10.6. The zero-order chi connectivity index (χ0) is 26.9. The summed E-state index contributed by atoms with van der Waals surface area (Å²) < 4.78 is 36.8. The highest BCUT2D eigenvalue weighted by Crippen LogP contribution is 2.39. The normalized spacial score (nSPS) is 14.9. The minimum atomic E-state index is -4.11. The van der Waals surface area contributed by atoms with E-state index < -0.39 is 21.3 Å². The fourth-order valence-electron chi connectivity index (χ4n) is 3.37. The molecule has 0 N–H and O–H groups in total. The fraction of sp³-hybridized carbons (Fsp3) is 0.120. The SMILES string of the molecule is COc1cc(/C=C2\SC(=O)N(Cc3ccc(Cl)c(Cl)c3)C2=O)cc(I)c1OS(=O)(=O)c1ccc(C)cc1. The molecule has 0 bridgehead atoms. The van der Waals surface area contributed by atoms with Crippen LogP contribution in [0.15, 0.2) is 64.4 Å². The average Bonchev–Trinajstić information content (AvgIpc) is 3.10. The second kappa shape index (κ2) is 11.2. The summed E-state index contributed by atoms with van der Waals surface area (Å²) in [6.45, 7) is 1.90. The van der Waals surface area contributed by atoms with Crippen molar-refractivity contribution in [2.45, 2.75) is 18.4 Å². The Labute approximate surface area is 242 Å². The highest BCUT2D eigenvalue weighted by Gasteiger charge is 2.35. The maximum absolute atomic E-state index is 13.0. The molecule has 37 heavy (non-hydrogen) atoms. The number of imide groups is 1. The first-order valence-corrected chi connectivity index (χ1v) is 14.6. The Bertz CT molecular complexity index is 1540. The average molecular weight is 690 g/mol. The minimum Gasteiger partial charge on any atom is -0.493 e. The van der Waals surface area contributed by atoms with E-state index in [9.17, 15) is 18.0 Å². The summed E-state index contributed by atoms with van der Waals surface area (Å²) in [6, 6.07) is 14.4. The third-order valence-corrected chi connectivity index (χ3v) is 8.93. The van der Waals surface area contributed by atoms with Gasteiger partial charge in [-0.15, -0.1) is 0 Å². The number of rotatable bonds is 7. The van der Waals surface area contributed by atoms with E-state index in [1.54, 1.807) is 42.5 Å². The summed E-state index contributed by atoms with van der Waals surface area (Å²) in [5.41, 5.74) is 2.10. The lowest BCUT2D eigenvalue weighted by atomic mass is 10.1. The molecule has 0 unspecified atom stereocenters. The zero-order valence-corrected chi connectivity index (χ0v) is 24.6. The molecule has 0 atom stereocenters. The Balaban J connectivity index is 1.59. The van der Waals surface area contributed by atoms with Crippen molar-refractivity contribution in [3.05, 3.63) is 89.8 Å². The number of ether oxygens (including phenoxy) is 1. The number of thioether (sulfide) groups is 1. The van der Waals surface area contributed by atoms with Crippen LogP contribution in [0.25, 0.3) is 6.08 Å². The molecule has 12 heteroatoms. The molecule has 0 radical (unpaired) electrons. The Kier molecular flexibility index (Phi) is 8.44. The van der Waals surface area contributed by atoms with E-state index in [1.165, 1.54) is 25.3 Å². The Morgan fingerprint density at radius 1 is 1.03 bits per heavy atom. The number of carbonyl (C=O) groups is 2. The van der Waals surface area contributed by atoms with Gasteiger partial charge < -0.3 is 8.92 Å². The standard InChI is InChI=1S/C25H18Cl2INO6S2/c1-14-3-6-17(7-4-14)37(32,33)35-23-20(28)10-16(11-21(23)34-2)12-22-24(30)29(25(31)36-22)13-15-5-8-18(26)19(27)9-15/h3-12H,13H2,1-2H3/b22-12-. The highest BCUT2D eigenvalue weighted by atomic mass is 127. The number of methoxy groups -OCH3 is 1. The van der Waals surface area contributed by atoms with Gasteiger partial charge in [0.05, 0.1) is 32.2 Å². The summed E-state index contributed by atoms with van der Waals surface area (Å²) >= 11 is 14.7. The van der Waals surface area contributed by atoms with Crippen LogP contribution in [0.3, 0.4) is 0 Å². The van der Waals surface area contributed by atoms with Crippen LogP contribution >= 0.6 is 57.6 Å². The molecule has 0 aliphatic carbocycles. The molecule has 0 saturated carbocycles. The molecule has 2 amide bonds. The van der Waals surface area contributed by atoms with Crippen molar-refractivity contribution in [1.29, 1.82) is 0 Å². The predicted octanol–water partition coefficient (Wildman–Crippen LogP) is 6.92. The second-order valence-corrected chi connectivity index (χ2v) is 12.4. The molecule has 3 aromatic carbocycles. The van der Waals surface area contributed by atoms with Crippen LogP contribution < -0.4 is 8.92 Å². The lowest BCUT2D eigenvalue weighted by Gasteiger charge is -2.14. The fourth-order valence-corrected chi connectivity index (χ4v) is 6.38. The van der Waals surface area contributed by atoms with E-state index in [0.29, 0.717) is 24.7 Å². The summed E-state index contributed by atoms with van der Waals surface area (Å²) in [5.74, 6) is -0.283. The maximum Gasteiger partial charge on any atom is 0.339 e. The van der Waals surface area contributed by atoms with E-state index in [0.717, 1.165) is 22.2 Å². The number of carbonyl (C=O) groups excluding carboxylic acids is 2. The minimum absolute atomic E-state index is 0.00989. The summed E-state index contributed by atoms with van der Waals surface area (Å²) in [7, 11) is -2.73. The van der Waals surface area contributed by atoms with Gasteiger partial charge in [-0.3, -0.25) is 14.5 Å². The predicted molar refractivity (Wildman–Crippen MR) is 153 cm³/mol. The van der Waals surface area contributed by atoms with Gasteiger partial charge in [0.25, 0.3) is 11.1 Å². The number of hydrogen-bond acceptors (Lipinski definition) is 7. The van der Waals surface area contributed by atoms with E-state index in [2.05, 4.69) is 0 Å². The van der Waals surface area contributed by atoms with Crippen molar-refractivity contribution in [3.63, 3.8) is 0 Å². The molecule has 1 heterocycles. The van der Waals surface area contributed by atoms with Crippen LogP contribution in [-0.2, 0) is 21.5 Å². The lowest BCUT2D eigenvalue weighted by molar-refractivity contribution is -0.123. The quantitative estimate of drug-likeness (QED) is 0.151. The topological polar surface area (TPSA) is 90.0 Å². The third-order valence-electron chi connectivity index (χ3n) is 5.25. The van der Waals surface area contributed by atoms with Crippen molar-refractivity contribution in [2.75, 3.05) is 7.11 Å². The van der Waals surface area contributed by atoms with Crippen molar-refractivity contribution in [2.24, 2.45) is 0 Å². The van der Waals surface area contributed by atoms with Gasteiger partial charge in [0, 0.05) is 0 Å². The van der Waals surface area contributed by atoms with E-state index in [-0.39, 0.29) is 27.8 Å². The van der Waals surface area contributed by atoms with Gasteiger partial charge in [-0.05, 0) is 94.9 Å². The number of nitrogens with zero attached hydrogens (tertiary/aromatic N) is 1. The van der Waals surface area contributed by atoms with E-state index >= 15 is 0 Å². The summed E-state index contributed by atoms with van der Waals surface area (Å²) in [4.78, 5) is 26.9. The Hall–Kier alpha value is -2.25. The van der Waals surface area contributed by atoms with Crippen LogP contribution in [0.5, 0.6) is 11.5 Å². The lowest BCUT2D eigenvalue weighted by Crippen LogP contribution is -2.27. The largest absolute Gasteiger partial charge is 0.493 e. The molecule has 1 fully saturated rings. The van der Waals surface area contributed by atoms with Crippen molar-refractivity contribution < 1.29 is 26.9 Å². The molecule has 0 aromatic heterocycles. The van der Waals surface area contributed by atoms with Crippen LogP contribution in [0, 0.1) is 10.5 Å². The van der Waals surface area contributed by atoms with Crippen LogP contribution in [0.2, 0.25) is 10.0 Å². The number of amides is 2. The summed E-state index contributed by atoms with van der Waals surface area (Å²) in [6.07, 6.45) is 1.54. The molecule has 1 saturated heterocycles. The van der Waals surface area contributed by atoms with Crippen molar-refractivity contribution in [3.8, 4) is 11.5 Å². The molecule has 1 aliphatic heterocycles. The number of halogens is 3. The second-order valence-electron chi connectivity index (χ2n) is 7.90. The Morgan fingerprint density at radius 3 is 2.38 bits per heavy atom. The van der Waals surface area contributed by atoms with Gasteiger partial charge in [-0.1, -0.05) is 47.0 Å². The molecular formula is C25H18Cl2INO6S2. The summed E-state index contributed by atoms with van der Waals surface area (Å²) in [5, 5.41) is 0.283. The van der Waals surface area contributed by atoms with Crippen LogP contribution in [0.4, 0.5) is 4.79 Å². The van der Waals surface area contributed by atoms with Gasteiger partial charge in [0.2, 0.25) is 0 Å². The van der Waals surface area contributed by atoms with Gasteiger partial charge in [-0.2, -0.15) is 8.42 Å². The number of hydrogen-bond donors (Lipinski definition) is 0. The smallest absolute Gasteiger partial charge is 0.339 e. The number of benzene rings is 3. The van der Waals surface area contributed by atoms with Gasteiger partial charge in [0.15, 0.2) is 11.5 Å². The first kappa shape index (κ1) is 27.8. The van der Waals surface area contributed by atoms with Crippen molar-refractivity contribution >= 4 is 84.9 Å².